The molecule has 12 heavy (non-hydrogen) atoms. The monoisotopic (exact) mass is 184 g/mol. The van der Waals surface area contributed by atoms with Gasteiger partial charge in [0, 0.05) is 19.8 Å². The third-order valence-corrected chi connectivity index (χ3v) is 4.42. The van der Waals surface area contributed by atoms with Crippen LogP contribution in [-0.4, -0.2) is 23.5 Å². The Labute approximate surface area is 75.7 Å². The van der Waals surface area contributed by atoms with Crippen LogP contribution in [0.4, 0.5) is 0 Å². The third-order valence-electron chi connectivity index (χ3n) is 2.18. The van der Waals surface area contributed by atoms with Gasteiger partial charge in [-0.1, -0.05) is 23.3 Å². The van der Waals surface area contributed by atoms with Crippen molar-refractivity contribution in [2.45, 2.75) is 19.4 Å². The van der Waals surface area contributed by atoms with Crippen molar-refractivity contribution in [1.29, 1.82) is 0 Å². The van der Waals surface area contributed by atoms with Crippen LogP contribution in [0.3, 0.4) is 0 Å². The lowest BCUT2D eigenvalue weighted by Crippen LogP contribution is -2.25. The average Bonchev–Trinajstić information content (AvgIpc) is 2.34. The van der Waals surface area contributed by atoms with Crippen molar-refractivity contribution in [3.63, 3.8) is 0 Å². The summed E-state index contributed by atoms with van der Waals surface area (Å²) in [4.78, 5) is 0. The standard InChI is InChI=1S/C9H16O2Si/c1-7-5-8(2)9(6-7)12(10-3)11-4/h5-6,9,12H,1-4H3. The molecule has 2 nitrogen and oxygen atoms in total. The van der Waals surface area contributed by atoms with Crippen LogP contribution in [-0.2, 0) is 8.85 Å². The molecule has 0 aromatic rings. The molecule has 0 radical (unpaired) electrons. The molecule has 0 saturated heterocycles. The second kappa shape index (κ2) is 4.03. The van der Waals surface area contributed by atoms with Crippen LogP contribution in [0.1, 0.15) is 13.8 Å². The summed E-state index contributed by atoms with van der Waals surface area (Å²) in [6.45, 7) is 4.25. The summed E-state index contributed by atoms with van der Waals surface area (Å²) in [5.41, 5.74) is 3.12. The van der Waals surface area contributed by atoms with Gasteiger partial charge in [-0.05, 0) is 13.8 Å². The molecule has 1 aliphatic carbocycles. The van der Waals surface area contributed by atoms with Gasteiger partial charge in [0.15, 0.2) is 0 Å². The highest BCUT2D eigenvalue weighted by atomic mass is 28.3. The van der Waals surface area contributed by atoms with Crippen LogP contribution in [0.2, 0.25) is 5.54 Å². The summed E-state index contributed by atoms with van der Waals surface area (Å²) in [6.07, 6.45) is 4.43. The molecule has 0 fully saturated rings. The van der Waals surface area contributed by atoms with Crippen molar-refractivity contribution < 1.29 is 8.85 Å². The van der Waals surface area contributed by atoms with Gasteiger partial charge < -0.3 is 8.85 Å². The molecule has 3 heteroatoms. The fourth-order valence-electron chi connectivity index (χ4n) is 1.60. The van der Waals surface area contributed by atoms with Crippen LogP contribution >= 0.6 is 0 Å². The Morgan fingerprint density at radius 1 is 1.25 bits per heavy atom. The molecule has 1 rings (SSSR count). The summed E-state index contributed by atoms with van der Waals surface area (Å²) >= 11 is 0. The quantitative estimate of drug-likeness (QED) is 0.622. The number of hydrogen-bond donors (Lipinski definition) is 0. The molecule has 68 valence electrons. The summed E-state index contributed by atoms with van der Waals surface area (Å²) in [7, 11) is 1.98. The summed E-state index contributed by atoms with van der Waals surface area (Å²) in [5.74, 6) is 0. The maximum Gasteiger partial charge on any atom is 0.332 e. The average molecular weight is 184 g/mol. The molecule has 1 aliphatic rings. The molecular formula is C9H16O2Si. The Balaban J connectivity index is 2.70. The van der Waals surface area contributed by atoms with Crippen LogP contribution in [0.25, 0.3) is 0 Å². The first-order valence-corrected chi connectivity index (χ1v) is 5.72. The molecule has 0 spiro atoms. The Hall–Kier alpha value is -0.383. The number of rotatable bonds is 3. The van der Waals surface area contributed by atoms with Crippen molar-refractivity contribution in [3.05, 3.63) is 23.3 Å². The molecule has 0 bridgehead atoms. The van der Waals surface area contributed by atoms with E-state index in [0.717, 1.165) is 0 Å². The van der Waals surface area contributed by atoms with Crippen LogP contribution in [0.15, 0.2) is 23.3 Å². The van der Waals surface area contributed by atoms with Crippen molar-refractivity contribution in [2.75, 3.05) is 14.2 Å². The van der Waals surface area contributed by atoms with E-state index in [1.54, 1.807) is 14.2 Å². The van der Waals surface area contributed by atoms with Gasteiger partial charge in [0.2, 0.25) is 0 Å². The van der Waals surface area contributed by atoms with E-state index in [1.165, 1.54) is 11.1 Å². The van der Waals surface area contributed by atoms with Gasteiger partial charge in [-0.15, -0.1) is 0 Å². The van der Waals surface area contributed by atoms with E-state index >= 15 is 0 Å². The second-order valence-corrected chi connectivity index (χ2v) is 5.56. The summed E-state index contributed by atoms with van der Waals surface area (Å²) in [6, 6.07) is 0. The Morgan fingerprint density at radius 2 is 1.83 bits per heavy atom. The van der Waals surface area contributed by atoms with Crippen LogP contribution in [0.5, 0.6) is 0 Å². The molecule has 1 unspecified atom stereocenters. The first kappa shape index (κ1) is 9.70. The minimum absolute atomic E-state index is 0.431. The lowest BCUT2D eigenvalue weighted by molar-refractivity contribution is 0.274. The predicted octanol–water partition coefficient (Wildman–Crippen LogP) is 1.78. The van der Waals surface area contributed by atoms with Crippen LogP contribution < -0.4 is 0 Å². The van der Waals surface area contributed by atoms with Crippen molar-refractivity contribution in [3.8, 4) is 0 Å². The van der Waals surface area contributed by atoms with E-state index in [-0.39, 0.29) is 0 Å². The zero-order chi connectivity index (χ0) is 9.14. The largest absolute Gasteiger partial charge is 0.399 e. The SMILES string of the molecule is CO[SiH](OC)C1C=C(C)C=C1C. The fraction of sp³-hybridized carbons (Fsp3) is 0.556. The summed E-state index contributed by atoms with van der Waals surface area (Å²) < 4.78 is 10.7. The highest BCUT2D eigenvalue weighted by Crippen LogP contribution is 2.31. The number of hydrogen-bond acceptors (Lipinski definition) is 2. The first-order chi connectivity index (χ1) is 5.69. The second-order valence-electron chi connectivity index (χ2n) is 3.16. The van der Waals surface area contributed by atoms with Gasteiger partial charge in [0.05, 0.1) is 0 Å². The van der Waals surface area contributed by atoms with E-state index in [0.29, 0.717) is 5.54 Å². The predicted molar refractivity (Wildman–Crippen MR) is 52.4 cm³/mol. The molecule has 0 heterocycles. The minimum Gasteiger partial charge on any atom is -0.399 e. The zero-order valence-corrected chi connectivity index (χ0v) is 9.28. The van der Waals surface area contributed by atoms with E-state index in [9.17, 15) is 0 Å². The highest BCUT2D eigenvalue weighted by Gasteiger charge is 2.26. The Kier molecular flexibility index (Phi) is 3.26. The topological polar surface area (TPSA) is 18.5 Å². The highest BCUT2D eigenvalue weighted by molar-refractivity contribution is 6.48. The maximum absolute atomic E-state index is 5.33. The third kappa shape index (κ3) is 1.86. The first-order valence-electron chi connectivity index (χ1n) is 4.11. The van der Waals surface area contributed by atoms with Gasteiger partial charge in [-0.25, -0.2) is 0 Å². The van der Waals surface area contributed by atoms with Gasteiger partial charge in [0.25, 0.3) is 0 Å². The Bertz CT molecular complexity index is 217. The summed E-state index contributed by atoms with van der Waals surface area (Å²) in [5, 5.41) is 0. The molecule has 1 atom stereocenters. The molecule has 0 aliphatic heterocycles. The maximum atomic E-state index is 5.33. The molecular weight excluding hydrogens is 168 g/mol. The zero-order valence-electron chi connectivity index (χ0n) is 8.13. The molecule has 0 aromatic heterocycles. The van der Waals surface area contributed by atoms with E-state index < -0.39 is 9.28 Å². The van der Waals surface area contributed by atoms with Crippen molar-refractivity contribution in [1.82, 2.24) is 0 Å². The normalized spacial score (nSPS) is 22.9. The lowest BCUT2D eigenvalue weighted by Gasteiger charge is -2.17. The molecule has 0 amide bonds. The molecule has 0 saturated carbocycles. The molecule has 0 N–H and O–H groups in total. The van der Waals surface area contributed by atoms with Crippen molar-refractivity contribution >= 4 is 9.28 Å². The van der Waals surface area contributed by atoms with E-state index in [4.69, 9.17) is 8.85 Å². The van der Waals surface area contributed by atoms with Gasteiger partial charge in [0.1, 0.15) is 0 Å². The Morgan fingerprint density at radius 3 is 2.17 bits per heavy atom. The molecule has 0 aromatic carbocycles. The smallest absolute Gasteiger partial charge is 0.332 e. The van der Waals surface area contributed by atoms with Gasteiger partial charge in [-0.2, -0.15) is 0 Å². The number of allylic oxidation sites excluding steroid dienone is 4. The van der Waals surface area contributed by atoms with E-state index in [2.05, 4.69) is 26.0 Å². The van der Waals surface area contributed by atoms with E-state index in [1.807, 2.05) is 0 Å². The van der Waals surface area contributed by atoms with Crippen molar-refractivity contribution in [2.24, 2.45) is 0 Å². The fourth-order valence-corrected chi connectivity index (χ4v) is 3.37. The lowest BCUT2D eigenvalue weighted by atomic mass is 10.3. The van der Waals surface area contributed by atoms with Crippen LogP contribution in [0, 0.1) is 0 Å². The van der Waals surface area contributed by atoms with Gasteiger partial charge in [-0.3, -0.25) is 0 Å². The van der Waals surface area contributed by atoms with Gasteiger partial charge >= 0.3 is 9.28 Å². The minimum atomic E-state index is -1.49.